The number of carbonyl (C=O) groups excluding carboxylic acids is 1. The van der Waals surface area contributed by atoms with Gasteiger partial charge in [0.1, 0.15) is 18.0 Å². The van der Waals surface area contributed by atoms with Crippen molar-refractivity contribution >= 4 is 23.2 Å². The van der Waals surface area contributed by atoms with Crippen LogP contribution in [0.25, 0.3) is 0 Å². The molecule has 0 radical (unpaired) electrons. The molecule has 0 saturated carbocycles. The lowest BCUT2D eigenvalue weighted by Crippen LogP contribution is -2.39. The molecule has 10 nitrogen and oxygen atoms in total. The molecule has 0 fully saturated rings. The van der Waals surface area contributed by atoms with Crippen molar-refractivity contribution in [3.63, 3.8) is 0 Å². The van der Waals surface area contributed by atoms with E-state index < -0.39 is 29.4 Å². The Kier molecular flexibility index (Phi) is 8.37. The number of para-hydroxylation sites is 1. The SMILES string of the molecule is N#CNC(N)=NC(CCC(N)C(=O)Oc1ccccc1)NS(=O)O. The highest BCUT2D eigenvalue weighted by Gasteiger charge is 2.19. The molecule has 24 heavy (non-hydrogen) atoms. The zero-order valence-corrected chi connectivity index (χ0v) is 13.4. The Balaban J connectivity index is 2.58. The predicted octanol–water partition coefficient (Wildman–Crippen LogP) is -0.863. The highest BCUT2D eigenvalue weighted by Crippen LogP contribution is 2.11. The second kappa shape index (κ2) is 10.3. The molecular weight excluding hydrogens is 336 g/mol. The van der Waals surface area contributed by atoms with Crippen LogP contribution >= 0.6 is 0 Å². The fourth-order valence-electron chi connectivity index (χ4n) is 1.66. The molecule has 0 aliphatic heterocycles. The summed E-state index contributed by atoms with van der Waals surface area (Å²) in [6.45, 7) is 0. The summed E-state index contributed by atoms with van der Waals surface area (Å²) >= 11 is -2.35. The number of nitrogens with two attached hydrogens (primary N) is 2. The first-order chi connectivity index (χ1) is 11.4. The quantitative estimate of drug-likeness (QED) is 0.0761. The maximum atomic E-state index is 11.9. The summed E-state index contributed by atoms with van der Waals surface area (Å²) in [5, 5.41) is 10.5. The zero-order valence-electron chi connectivity index (χ0n) is 12.6. The van der Waals surface area contributed by atoms with Crippen molar-refractivity contribution in [2.75, 3.05) is 0 Å². The average molecular weight is 354 g/mol. The maximum absolute atomic E-state index is 11.9. The highest BCUT2D eigenvalue weighted by molar-refractivity contribution is 7.77. The van der Waals surface area contributed by atoms with Gasteiger partial charge in [-0.25, -0.2) is 14.0 Å². The average Bonchev–Trinajstić information content (AvgIpc) is 2.52. The van der Waals surface area contributed by atoms with Crippen LogP contribution in [0.4, 0.5) is 0 Å². The molecule has 0 spiro atoms. The molecule has 3 unspecified atom stereocenters. The molecule has 1 rings (SSSR count). The smallest absolute Gasteiger partial charge is 0.328 e. The van der Waals surface area contributed by atoms with E-state index in [1.165, 1.54) is 0 Å². The van der Waals surface area contributed by atoms with Gasteiger partial charge in [-0.2, -0.15) is 9.98 Å². The van der Waals surface area contributed by atoms with Crippen molar-refractivity contribution in [3.8, 4) is 11.9 Å². The van der Waals surface area contributed by atoms with Gasteiger partial charge in [0, 0.05) is 0 Å². The number of nitrogens with zero attached hydrogens (tertiary/aromatic N) is 2. The molecule has 11 heteroatoms. The monoisotopic (exact) mass is 354 g/mol. The van der Waals surface area contributed by atoms with Crippen molar-refractivity contribution < 1.29 is 18.3 Å². The molecule has 0 aliphatic rings. The minimum Gasteiger partial charge on any atom is -0.425 e. The van der Waals surface area contributed by atoms with E-state index in [1.807, 2.05) is 0 Å². The fourth-order valence-corrected chi connectivity index (χ4v) is 2.06. The van der Waals surface area contributed by atoms with Crippen LogP contribution in [-0.2, 0) is 16.1 Å². The molecule has 0 heterocycles. The molecule has 0 saturated heterocycles. The molecule has 7 N–H and O–H groups in total. The summed E-state index contributed by atoms with van der Waals surface area (Å²) in [6.07, 6.45) is 0.887. The van der Waals surface area contributed by atoms with Crippen LogP contribution in [0, 0.1) is 11.5 Å². The standard InChI is InChI=1S/C13H18N6O4S/c14-8-17-13(16)18-11(19-24(21)22)7-6-10(15)12(20)23-9-4-2-1-3-5-9/h1-5,10-11,19H,6-7,15H2,(H,21,22)(H3,16,17,18). The summed E-state index contributed by atoms with van der Waals surface area (Å²) in [5.41, 5.74) is 11.1. The van der Waals surface area contributed by atoms with Crippen LogP contribution in [0.3, 0.4) is 0 Å². The molecule has 3 atom stereocenters. The van der Waals surface area contributed by atoms with Gasteiger partial charge < -0.3 is 16.2 Å². The van der Waals surface area contributed by atoms with Crippen LogP contribution in [0.15, 0.2) is 35.3 Å². The molecule has 0 bridgehead atoms. The molecule has 0 aromatic heterocycles. The first-order valence-corrected chi connectivity index (χ1v) is 7.90. The number of aliphatic imine (C=N–C) groups is 1. The van der Waals surface area contributed by atoms with Crippen LogP contribution < -0.4 is 26.2 Å². The van der Waals surface area contributed by atoms with Gasteiger partial charge in [-0.05, 0) is 25.0 Å². The number of hydrogen-bond donors (Lipinski definition) is 5. The first-order valence-electron chi connectivity index (χ1n) is 6.80. The number of hydrogen-bond acceptors (Lipinski definition) is 6. The van der Waals surface area contributed by atoms with Crippen LogP contribution in [-0.4, -0.2) is 32.9 Å². The molecule has 1 aromatic rings. The van der Waals surface area contributed by atoms with Crippen molar-refractivity contribution in [1.29, 1.82) is 5.26 Å². The maximum Gasteiger partial charge on any atom is 0.328 e. The van der Waals surface area contributed by atoms with Gasteiger partial charge in [0.25, 0.3) is 0 Å². The summed E-state index contributed by atoms with van der Waals surface area (Å²) < 4.78 is 27.0. The normalized spacial score (nSPS) is 15.0. The van der Waals surface area contributed by atoms with Gasteiger partial charge >= 0.3 is 5.97 Å². The van der Waals surface area contributed by atoms with Crippen LogP contribution in [0.1, 0.15) is 12.8 Å². The second-order valence-corrected chi connectivity index (χ2v) is 5.29. The van der Waals surface area contributed by atoms with Gasteiger partial charge in [0.2, 0.25) is 17.2 Å². The van der Waals surface area contributed by atoms with Gasteiger partial charge in [-0.1, -0.05) is 18.2 Å². The third kappa shape index (κ3) is 7.65. The molecule has 1 aromatic carbocycles. The van der Waals surface area contributed by atoms with Gasteiger partial charge in [0.15, 0.2) is 6.19 Å². The first kappa shape index (κ1) is 19.5. The number of esters is 1. The van der Waals surface area contributed by atoms with E-state index in [-0.39, 0.29) is 18.8 Å². The largest absolute Gasteiger partial charge is 0.425 e. The van der Waals surface area contributed by atoms with E-state index in [4.69, 9.17) is 26.0 Å². The Labute approximate surface area is 141 Å². The molecule has 130 valence electrons. The predicted molar refractivity (Wildman–Crippen MR) is 87.4 cm³/mol. The van der Waals surface area contributed by atoms with E-state index in [1.54, 1.807) is 36.5 Å². The Bertz CT molecular complexity index is 633. The topological polar surface area (TPSA) is 176 Å². The summed E-state index contributed by atoms with van der Waals surface area (Å²) in [4.78, 5) is 15.7. The Morgan fingerprint density at radius 3 is 2.67 bits per heavy atom. The fraction of sp³-hybridized carbons (Fsp3) is 0.308. The van der Waals surface area contributed by atoms with Gasteiger partial charge in [-0.15, -0.1) is 0 Å². The number of carbonyl (C=O) groups is 1. The number of rotatable bonds is 8. The van der Waals surface area contributed by atoms with E-state index in [0.717, 1.165) is 0 Å². The number of nitriles is 1. The summed E-state index contributed by atoms with van der Waals surface area (Å²) in [6, 6.07) is 7.47. The number of benzene rings is 1. The minimum absolute atomic E-state index is 0.115. The summed E-state index contributed by atoms with van der Waals surface area (Å²) in [5.74, 6) is -0.511. The van der Waals surface area contributed by atoms with Gasteiger partial charge in [0.05, 0.1) is 0 Å². The van der Waals surface area contributed by atoms with Crippen molar-refractivity contribution in [3.05, 3.63) is 30.3 Å². The Morgan fingerprint density at radius 2 is 2.08 bits per heavy atom. The Hall–Kier alpha value is -2.52. The Morgan fingerprint density at radius 1 is 1.42 bits per heavy atom. The summed E-state index contributed by atoms with van der Waals surface area (Å²) in [7, 11) is 0. The lowest BCUT2D eigenvalue weighted by atomic mass is 10.1. The lowest BCUT2D eigenvalue weighted by molar-refractivity contribution is -0.136. The second-order valence-electron chi connectivity index (χ2n) is 4.55. The number of ether oxygens (including phenoxy) is 1. The third-order valence-electron chi connectivity index (χ3n) is 2.73. The lowest BCUT2D eigenvalue weighted by Gasteiger charge is -2.15. The van der Waals surface area contributed by atoms with Crippen LogP contribution in [0.5, 0.6) is 5.75 Å². The third-order valence-corrected chi connectivity index (χ3v) is 3.20. The van der Waals surface area contributed by atoms with Crippen molar-refractivity contribution in [2.45, 2.75) is 25.0 Å². The minimum atomic E-state index is -2.35. The van der Waals surface area contributed by atoms with Crippen LogP contribution in [0.2, 0.25) is 0 Å². The molecular formula is C13H18N6O4S. The zero-order chi connectivity index (χ0) is 17.9. The van der Waals surface area contributed by atoms with E-state index in [2.05, 4.69) is 15.0 Å². The molecule has 0 aliphatic carbocycles. The van der Waals surface area contributed by atoms with Crippen molar-refractivity contribution in [2.24, 2.45) is 16.5 Å². The van der Waals surface area contributed by atoms with E-state index in [9.17, 15) is 9.00 Å². The van der Waals surface area contributed by atoms with E-state index in [0.29, 0.717) is 5.75 Å². The van der Waals surface area contributed by atoms with Gasteiger partial charge in [-0.3, -0.25) is 9.87 Å². The number of nitrogens with one attached hydrogen (secondary N) is 2. The highest BCUT2D eigenvalue weighted by atomic mass is 32.2. The van der Waals surface area contributed by atoms with E-state index >= 15 is 0 Å². The molecule has 0 amide bonds. The number of guanidine groups is 1. The van der Waals surface area contributed by atoms with Crippen molar-refractivity contribution in [1.82, 2.24) is 10.0 Å².